The zero-order valence-corrected chi connectivity index (χ0v) is 10.3. The molecule has 2 unspecified atom stereocenters. The van der Waals surface area contributed by atoms with E-state index in [1.807, 2.05) is 13.8 Å². The van der Waals surface area contributed by atoms with Crippen molar-refractivity contribution in [3.05, 3.63) is 29.8 Å². The number of hydrogen-bond acceptors (Lipinski definition) is 2. The van der Waals surface area contributed by atoms with Crippen LogP contribution in [0, 0.1) is 5.41 Å². The van der Waals surface area contributed by atoms with Gasteiger partial charge >= 0.3 is 6.18 Å². The SMILES string of the molecule is CC1(C)C(N)CC1Oc1cccc(C(F)(F)F)c1. The second-order valence-electron chi connectivity index (χ2n) is 5.30. The zero-order chi connectivity index (χ0) is 13.6. The summed E-state index contributed by atoms with van der Waals surface area (Å²) >= 11 is 0. The largest absolute Gasteiger partial charge is 0.490 e. The minimum absolute atomic E-state index is 0.0355. The van der Waals surface area contributed by atoms with Gasteiger partial charge in [-0.05, 0) is 18.2 Å². The lowest BCUT2D eigenvalue weighted by Gasteiger charge is -2.49. The molecule has 1 aromatic rings. The fourth-order valence-corrected chi connectivity index (χ4v) is 2.03. The number of benzene rings is 1. The summed E-state index contributed by atoms with van der Waals surface area (Å²) in [5.74, 6) is 0.245. The van der Waals surface area contributed by atoms with Crippen molar-refractivity contribution in [3.63, 3.8) is 0 Å². The Bertz CT molecular complexity index is 442. The summed E-state index contributed by atoms with van der Waals surface area (Å²) in [6.07, 6.45) is -3.80. The maximum Gasteiger partial charge on any atom is 0.416 e. The van der Waals surface area contributed by atoms with Gasteiger partial charge in [0.05, 0.1) is 5.56 Å². The van der Waals surface area contributed by atoms with E-state index in [1.54, 1.807) is 0 Å². The highest BCUT2D eigenvalue weighted by molar-refractivity contribution is 5.31. The van der Waals surface area contributed by atoms with Crippen LogP contribution in [-0.4, -0.2) is 12.1 Å². The molecule has 1 aromatic carbocycles. The third-order valence-corrected chi connectivity index (χ3v) is 3.69. The smallest absolute Gasteiger partial charge is 0.416 e. The summed E-state index contributed by atoms with van der Waals surface area (Å²) in [7, 11) is 0. The van der Waals surface area contributed by atoms with E-state index in [1.165, 1.54) is 12.1 Å². The Kier molecular flexibility index (Phi) is 3.05. The first kappa shape index (κ1) is 13.2. The van der Waals surface area contributed by atoms with Crippen molar-refractivity contribution >= 4 is 0 Å². The van der Waals surface area contributed by atoms with Gasteiger partial charge in [0.25, 0.3) is 0 Å². The number of rotatable bonds is 2. The molecular weight excluding hydrogens is 243 g/mol. The van der Waals surface area contributed by atoms with E-state index >= 15 is 0 Å². The van der Waals surface area contributed by atoms with E-state index in [2.05, 4.69) is 0 Å². The maximum atomic E-state index is 12.5. The van der Waals surface area contributed by atoms with Gasteiger partial charge in [0.1, 0.15) is 11.9 Å². The summed E-state index contributed by atoms with van der Waals surface area (Å²) in [6, 6.07) is 4.98. The van der Waals surface area contributed by atoms with E-state index < -0.39 is 11.7 Å². The van der Waals surface area contributed by atoms with Gasteiger partial charge in [-0.1, -0.05) is 19.9 Å². The van der Waals surface area contributed by atoms with Crippen molar-refractivity contribution in [2.24, 2.45) is 11.1 Å². The van der Waals surface area contributed by atoms with Crippen LogP contribution < -0.4 is 10.5 Å². The molecule has 1 aliphatic rings. The summed E-state index contributed by atoms with van der Waals surface area (Å²) in [5, 5.41) is 0. The summed E-state index contributed by atoms with van der Waals surface area (Å²) in [6.45, 7) is 3.92. The van der Waals surface area contributed by atoms with Gasteiger partial charge in [0.2, 0.25) is 0 Å². The Hall–Kier alpha value is -1.23. The Morgan fingerprint density at radius 3 is 2.50 bits per heavy atom. The van der Waals surface area contributed by atoms with Crippen molar-refractivity contribution in [1.82, 2.24) is 0 Å². The van der Waals surface area contributed by atoms with Crippen LogP contribution in [0.5, 0.6) is 5.75 Å². The lowest BCUT2D eigenvalue weighted by atomic mass is 9.65. The van der Waals surface area contributed by atoms with Crippen molar-refractivity contribution in [2.75, 3.05) is 0 Å². The molecular formula is C13H16F3NO. The monoisotopic (exact) mass is 259 g/mol. The van der Waals surface area contributed by atoms with Crippen LogP contribution >= 0.6 is 0 Å². The molecule has 0 spiro atoms. The van der Waals surface area contributed by atoms with Crippen molar-refractivity contribution in [2.45, 2.75) is 38.6 Å². The molecule has 5 heteroatoms. The predicted molar refractivity (Wildman–Crippen MR) is 62.2 cm³/mol. The number of hydrogen-bond donors (Lipinski definition) is 1. The van der Waals surface area contributed by atoms with E-state index in [4.69, 9.17) is 10.5 Å². The maximum absolute atomic E-state index is 12.5. The first-order chi connectivity index (χ1) is 8.21. The van der Waals surface area contributed by atoms with Crippen LogP contribution in [-0.2, 0) is 6.18 Å². The van der Waals surface area contributed by atoms with Gasteiger partial charge in [0, 0.05) is 17.9 Å². The number of halogens is 3. The van der Waals surface area contributed by atoms with E-state index in [-0.39, 0.29) is 23.3 Å². The summed E-state index contributed by atoms with van der Waals surface area (Å²) in [4.78, 5) is 0. The average Bonchev–Trinajstić information content (AvgIpc) is 2.28. The molecule has 1 fully saturated rings. The van der Waals surface area contributed by atoms with Crippen molar-refractivity contribution in [3.8, 4) is 5.75 Å². The first-order valence-corrected chi connectivity index (χ1v) is 5.81. The Labute approximate surface area is 104 Å². The summed E-state index contributed by atoms with van der Waals surface area (Å²) < 4.78 is 43.2. The third-order valence-electron chi connectivity index (χ3n) is 3.69. The standard InChI is InChI=1S/C13H16F3NO/c1-12(2)10(17)7-11(12)18-9-5-3-4-8(6-9)13(14,15)16/h3-6,10-11H,7,17H2,1-2H3. The molecule has 0 saturated heterocycles. The molecule has 0 aliphatic heterocycles. The number of alkyl halides is 3. The molecule has 1 aliphatic carbocycles. The average molecular weight is 259 g/mol. The summed E-state index contributed by atoms with van der Waals surface area (Å²) in [5.41, 5.74) is 4.95. The first-order valence-electron chi connectivity index (χ1n) is 5.81. The predicted octanol–water partition coefficient (Wildman–Crippen LogP) is 3.21. The highest BCUT2D eigenvalue weighted by atomic mass is 19.4. The Morgan fingerprint density at radius 2 is 2.00 bits per heavy atom. The van der Waals surface area contributed by atoms with Gasteiger partial charge in [-0.15, -0.1) is 0 Å². The van der Waals surface area contributed by atoms with Gasteiger partial charge < -0.3 is 10.5 Å². The van der Waals surface area contributed by atoms with E-state index in [0.29, 0.717) is 6.42 Å². The minimum atomic E-state index is -4.34. The Balaban J connectivity index is 2.12. The highest BCUT2D eigenvalue weighted by Gasteiger charge is 2.48. The minimum Gasteiger partial charge on any atom is -0.490 e. The number of ether oxygens (including phenoxy) is 1. The normalized spacial score (nSPS) is 26.6. The molecule has 2 rings (SSSR count). The van der Waals surface area contributed by atoms with Crippen LogP contribution in [0.25, 0.3) is 0 Å². The van der Waals surface area contributed by atoms with Crippen LogP contribution in [0.1, 0.15) is 25.8 Å². The zero-order valence-electron chi connectivity index (χ0n) is 10.3. The molecule has 2 nitrogen and oxygen atoms in total. The van der Waals surface area contributed by atoms with Crippen molar-refractivity contribution in [1.29, 1.82) is 0 Å². The molecule has 0 radical (unpaired) electrons. The van der Waals surface area contributed by atoms with Crippen molar-refractivity contribution < 1.29 is 17.9 Å². The fraction of sp³-hybridized carbons (Fsp3) is 0.538. The second-order valence-corrected chi connectivity index (χ2v) is 5.30. The molecule has 18 heavy (non-hydrogen) atoms. The lowest BCUT2D eigenvalue weighted by Crippen LogP contribution is -2.60. The molecule has 0 heterocycles. The molecule has 2 N–H and O–H groups in total. The topological polar surface area (TPSA) is 35.2 Å². The molecule has 0 amide bonds. The molecule has 100 valence electrons. The number of nitrogens with two attached hydrogens (primary N) is 1. The molecule has 0 aromatic heterocycles. The molecule has 0 bridgehead atoms. The second kappa shape index (κ2) is 4.16. The van der Waals surface area contributed by atoms with Gasteiger partial charge in [-0.25, -0.2) is 0 Å². The van der Waals surface area contributed by atoms with Crippen LogP contribution in [0.2, 0.25) is 0 Å². The Morgan fingerprint density at radius 1 is 1.33 bits per heavy atom. The molecule has 2 atom stereocenters. The van der Waals surface area contributed by atoms with Gasteiger partial charge in [-0.3, -0.25) is 0 Å². The molecule has 1 saturated carbocycles. The highest BCUT2D eigenvalue weighted by Crippen LogP contribution is 2.42. The quantitative estimate of drug-likeness (QED) is 0.885. The van der Waals surface area contributed by atoms with Gasteiger partial charge in [-0.2, -0.15) is 13.2 Å². The lowest BCUT2D eigenvalue weighted by molar-refractivity contribution is -0.137. The van der Waals surface area contributed by atoms with Crippen LogP contribution in [0.4, 0.5) is 13.2 Å². The fourth-order valence-electron chi connectivity index (χ4n) is 2.03. The van der Waals surface area contributed by atoms with Crippen LogP contribution in [0.3, 0.4) is 0 Å². The van der Waals surface area contributed by atoms with E-state index in [0.717, 1.165) is 12.1 Å². The van der Waals surface area contributed by atoms with Crippen LogP contribution in [0.15, 0.2) is 24.3 Å². The van der Waals surface area contributed by atoms with E-state index in [9.17, 15) is 13.2 Å². The van der Waals surface area contributed by atoms with Gasteiger partial charge in [0.15, 0.2) is 0 Å². The third kappa shape index (κ3) is 2.32.